The lowest BCUT2D eigenvalue weighted by Gasteiger charge is -2.43. The van der Waals surface area contributed by atoms with Crippen LogP contribution in [0.5, 0.6) is 0 Å². The summed E-state index contributed by atoms with van der Waals surface area (Å²) >= 11 is 2.22. The van der Waals surface area contributed by atoms with Crippen molar-refractivity contribution in [1.82, 2.24) is 5.32 Å². The first kappa shape index (κ1) is 11.8. The Labute approximate surface area is 98.8 Å². The van der Waals surface area contributed by atoms with Gasteiger partial charge in [-0.2, -0.15) is 11.8 Å². The van der Waals surface area contributed by atoms with Gasteiger partial charge in [-0.1, -0.05) is 13.3 Å². The second kappa shape index (κ2) is 5.09. The first-order chi connectivity index (χ1) is 7.26. The number of hydrogen-bond acceptors (Lipinski definition) is 2. The van der Waals surface area contributed by atoms with Crippen molar-refractivity contribution in [2.45, 2.75) is 63.2 Å². The van der Waals surface area contributed by atoms with Crippen LogP contribution >= 0.6 is 11.8 Å². The van der Waals surface area contributed by atoms with Gasteiger partial charge in [0.05, 0.1) is 0 Å². The van der Waals surface area contributed by atoms with E-state index in [2.05, 4.69) is 30.9 Å². The summed E-state index contributed by atoms with van der Waals surface area (Å²) in [5.74, 6) is 2.36. The fraction of sp³-hybridized carbons (Fsp3) is 1.00. The van der Waals surface area contributed by atoms with Crippen LogP contribution in [0.25, 0.3) is 0 Å². The van der Waals surface area contributed by atoms with Crippen LogP contribution in [0, 0.1) is 5.92 Å². The van der Waals surface area contributed by atoms with Crippen molar-refractivity contribution in [2.24, 2.45) is 5.92 Å². The van der Waals surface area contributed by atoms with Crippen molar-refractivity contribution < 1.29 is 0 Å². The molecule has 88 valence electrons. The third kappa shape index (κ3) is 2.52. The normalized spacial score (nSPS) is 34.0. The van der Waals surface area contributed by atoms with Crippen LogP contribution in [0.4, 0.5) is 0 Å². The van der Waals surface area contributed by atoms with Gasteiger partial charge in [0, 0.05) is 10.8 Å². The van der Waals surface area contributed by atoms with Gasteiger partial charge in [-0.25, -0.2) is 0 Å². The van der Waals surface area contributed by atoms with Crippen LogP contribution in [-0.2, 0) is 0 Å². The summed E-state index contributed by atoms with van der Waals surface area (Å²) in [5, 5.41) is 3.83. The van der Waals surface area contributed by atoms with E-state index in [1.807, 2.05) is 0 Å². The highest BCUT2D eigenvalue weighted by Crippen LogP contribution is 2.46. The second-order valence-electron chi connectivity index (χ2n) is 5.39. The Morgan fingerprint density at radius 1 is 1.40 bits per heavy atom. The van der Waals surface area contributed by atoms with E-state index in [1.165, 1.54) is 50.8 Å². The average Bonchev–Trinajstić information content (AvgIpc) is 2.57. The standard InChI is InChI=1S/C13H25NS/c1-3-9-14-12(11-6-4-7-11)13(2)8-5-10-15-13/h11-12,14H,3-10H2,1-2H3. The zero-order chi connectivity index (χ0) is 10.7. The van der Waals surface area contributed by atoms with Gasteiger partial charge in [-0.05, 0) is 57.2 Å². The van der Waals surface area contributed by atoms with E-state index < -0.39 is 0 Å². The number of nitrogens with one attached hydrogen (secondary N) is 1. The van der Waals surface area contributed by atoms with E-state index in [9.17, 15) is 0 Å². The lowest BCUT2D eigenvalue weighted by Crippen LogP contribution is -2.52. The molecular formula is C13H25NS. The number of thioether (sulfide) groups is 1. The highest BCUT2D eigenvalue weighted by atomic mass is 32.2. The lowest BCUT2D eigenvalue weighted by molar-refractivity contribution is 0.194. The topological polar surface area (TPSA) is 12.0 Å². The molecule has 1 nitrogen and oxygen atoms in total. The number of hydrogen-bond donors (Lipinski definition) is 1. The lowest BCUT2D eigenvalue weighted by atomic mass is 9.74. The predicted molar refractivity (Wildman–Crippen MR) is 69.5 cm³/mol. The van der Waals surface area contributed by atoms with Crippen LogP contribution < -0.4 is 5.32 Å². The fourth-order valence-electron chi connectivity index (χ4n) is 3.00. The molecule has 0 aromatic carbocycles. The first-order valence-electron chi connectivity index (χ1n) is 6.63. The Kier molecular flexibility index (Phi) is 4.00. The zero-order valence-electron chi connectivity index (χ0n) is 10.2. The predicted octanol–water partition coefficient (Wildman–Crippen LogP) is 3.44. The Hall–Kier alpha value is 0.310. The Balaban J connectivity index is 1.96. The summed E-state index contributed by atoms with van der Waals surface area (Å²) in [6, 6.07) is 0.790. The van der Waals surface area contributed by atoms with Gasteiger partial charge in [0.25, 0.3) is 0 Å². The molecule has 2 atom stereocenters. The Bertz CT molecular complexity index is 195. The summed E-state index contributed by atoms with van der Waals surface area (Å²) in [6.45, 7) is 5.97. The second-order valence-corrected chi connectivity index (χ2v) is 7.02. The molecule has 2 fully saturated rings. The van der Waals surface area contributed by atoms with Crippen LogP contribution in [0.1, 0.15) is 52.4 Å². The summed E-state index contributed by atoms with van der Waals surface area (Å²) < 4.78 is 0.542. The molecule has 0 bridgehead atoms. The molecule has 0 radical (unpaired) electrons. The van der Waals surface area contributed by atoms with Gasteiger partial charge in [0.2, 0.25) is 0 Å². The van der Waals surface area contributed by atoms with Gasteiger partial charge in [0.15, 0.2) is 0 Å². The van der Waals surface area contributed by atoms with Gasteiger partial charge < -0.3 is 5.32 Å². The van der Waals surface area contributed by atoms with Crippen molar-refractivity contribution >= 4 is 11.8 Å². The fourth-order valence-corrected chi connectivity index (χ4v) is 4.50. The minimum Gasteiger partial charge on any atom is -0.312 e. The number of rotatable bonds is 5. The maximum Gasteiger partial charge on any atom is 0.0287 e. The molecule has 0 amide bonds. The molecule has 1 saturated carbocycles. The Morgan fingerprint density at radius 3 is 2.67 bits per heavy atom. The molecule has 1 aliphatic carbocycles. The van der Waals surface area contributed by atoms with E-state index >= 15 is 0 Å². The molecule has 2 rings (SSSR count). The van der Waals surface area contributed by atoms with E-state index in [1.54, 1.807) is 0 Å². The molecule has 0 aromatic heterocycles. The molecular weight excluding hydrogens is 202 g/mol. The quantitative estimate of drug-likeness (QED) is 0.772. The molecule has 0 spiro atoms. The van der Waals surface area contributed by atoms with Crippen molar-refractivity contribution in [2.75, 3.05) is 12.3 Å². The highest BCUT2D eigenvalue weighted by Gasteiger charge is 2.43. The van der Waals surface area contributed by atoms with Crippen molar-refractivity contribution in [3.8, 4) is 0 Å². The monoisotopic (exact) mass is 227 g/mol. The van der Waals surface area contributed by atoms with E-state index in [0.29, 0.717) is 4.75 Å². The minimum absolute atomic E-state index is 0.542. The molecule has 1 aliphatic heterocycles. The molecule has 1 heterocycles. The minimum atomic E-state index is 0.542. The van der Waals surface area contributed by atoms with Gasteiger partial charge in [0.1, 0.15) is 0 Å². The third-order valence-corrected chi connectivity index (χ3v) is 5.75. The van der Waals surface area contributed by atoms with E-state index in [4.69, 9.17) is 0 Å². The van der Waals surface area contributed by atoms with E-state index in [-0.39, 0.29) is 0 Å². The van der Waals surface area contributed by atoms with Crippen LogP contribution in [0.3, 0.4) is 0 Å². The van der Waals surface area contributed by atoms with Crippen LogP contribution in [0.2, 0.25) is 0 Å². The zero-order valence-corrected chi connectivity index (χ0v) is 11.0. The van der Waals surface area contributed by atoms with Crippen molar-refractivity contribution in [3.63, 3.8) is 0 Å². The highest BCUT2D eigenvalue weighted by molar-refractivity contribution is 8.00. The van der Waals surface area contributed by atoms with Crippen LogP contribution in [0.15, 0.2) is 0 Å². The molecule has 1 saturated heterocycles. The molecule has 1 N–H and O–H groups in total. The summed E-state index contributed by atoms with van der Waals surface area (Å²) in [5.41, 5.74) is 0. The third-order valence-electron chi connectivity index (χ3n) is 4.14. The molecule has 15 heavy (non-hydrogen) atoms. The SMILES string of the molecule is CCCNC(C1CCC1)C1(C)CCCS1. The maximum atomic E-state index is 3.83. The van der Waals surface area contributed by atoms with Gasteiger partial charge >= 0.3 is 0 Å². The van der Waals surface area contributed by atoms with Gasteiger partial charge in [-0.3, -0.25) is 0 Å². The smallest absolute Gasteiger partial charge is 0.0287 e. The largest absolute Gasteiger partial charge is 0.312 e. The van der Waals surface area contributed by atoms with Crippen molar-refractivity contribution in [1.29, 1.82) is 0 Å². The summed E-state index contributed by atoms with van der Waals surface area (Å²) in [7, 11) is 0. The Morgan fingerprint density at radius 2 is 2.20 bits per heavy atom. The van der Waals surface area contributed by atoms with Gasteiger partial charge in [-0.15, -0.1) is 0 Å². The molecule has 2 unspecified atom stereocenters. The van der Waals surface area contributed by atoms with Crippen molar-refractivity contribution in [3.05, 3.63) is 0 Å². The first-order valence-corrected chi connectivity index (χ1v) is 7.62. The summed E-state index contributed by atoms with van der Waals surface area (Å²) in [4.78, 5) is 0. The molecule has 2 aliphatic rings. The van der Waals surface area contributed by atoms with E-state index in [0.717, 1.165) is 12.0 Å². The maximum absolute atomic E-state index is 3.83. The van der Waals surface area contributed by atoms with Crippen LogP contribution in [-0.4, -0.2) is 23.1 Å². The average molecular weight is 227 g/mol. The molecule has 2 heteroatoms. The summed E-state index contributed by atoms with van der Waals surface area (Å²) in [6.07, 6.45) is 8.53. The molecule has 0 aromatic rings.